The lowest BCUT2D eigenvalue weighted by Gasteiger charge is -2.04. The van der Waals surface area contributed by atoms with E-state index in [9.17, 15) is 4.21 Å². The Bertz CT molecular complexity index is 328. The minimum atomic E-state index is -0.847. The summed E-state index contributed by atoms with van der Waals surface area (Å²) >= 11 is 5.97. The fraction of sp³-hybridized carbons (Fsp3) is 0.455. The average Bonchev–Trinajstić information content (AvgIpc) is 2.22. The maximum absolute atomic E-state index is 11.6. The van der Waals surface area contributed by atoms with E-state index in [1.54, 1.807) is 7.11 Å². The molecule has 0 aliphatic carbocycles. The molecule has 1 atom stereocenters. The molecule has 0 fully saturated rings. The van der Waals surface area contributed by atoms with Gasteiger partial charge in [-0.25, -0.2) is 0 Å². The number of halogens is 1. The van der Waals surface area contributed by atoms with Crippen molar-refractivity contribution in [2.24, 2.45) is 0 Å². The molecule has 0 unspecified atom stereocenters. The van der Waals surface area contributed by atoms with Gasteiger partial charge in [0.25, 0.3) is 0 Å². The van der Waals surface area contributed by atoms with Crippen LogP contribution in [0.3, 0.4) is 0 Å². The summed E-state index contributed by atoms with van der Waals surface area (Å²) < 4.78 is 16.5. The predicted octanol–water partition coefficient (Wildman–Crippen LogP) is 2.63. The van der Waals surface area contributed by atoms with Gasteiger partial charge in [0.1, 0.15) is 0 Å². The summed E-state index contributed by atoms with van der Waals surface area (Å²) in [4.78, 5) is 0. The zero-order valence-corrected chi connectivity index (χ0v) is 10.3. The van der Waals surface area contributed by atoms with Crippen molar-refractivity contribution in [2.45, 2.75) is 12.2 Å². The van der Waals surface area contributed by atoms with Crippen LogP contribution >= 0.6 is 11.6 Å². The first-order chi connectivity index (χ1) is 7.24. The Labute approximate surface area is 98.0 Å². The van der Waals surface area contributed by atoms with E-state index in [0.29, 0.717) is 23.1 Å². The van der Waals surface area contributed by atoms with Crippen LogP contribution in [-0.2, 0) is 21.3 Å². The van der Waals surface area contributed by atoms with Gasteiger partial charge in [-0.15, -0.1) is 0 Å². The van der Waals surface area contributed by atoms with E-state index in [1.807, 2.05) is 24.3 Å². The first-order valence-electron chi connectivity index (χ1n) is 4.81. The topological polar surface area (TPSA) is 26.3 Å². The van der Waals surface area contributed by atoms with Crippen LogP contribution < -0.4 is 0 Å². The molecule has 0 N–H and O–H groups in total. The molecule has 0 aliphatic rings. The molecular weight excluding hydrogens is 232 g/mol. The third kappa shape index (κ3) is 4.78. The van der Waals surface area contributed by atoms with Gasteiger partial charge in [-0.1, -0.05) is 29.8 Å². The second-order valence-corrected chi connectivity index (χ2v) is 5.21. The van der Waals surface area contributed by atoms with Gasteiger partial charge in [-0.2, -0.15) is 0 Å². The van der Waals surface area contributed by atoms with Gasteiger partial charge in [-0.3, -0.25) is 4.21 Å². The molecule has 2 nitrogen and oxygen atoms in total. The fourth-order valence-electron chi connectivity index (χ4n) is 1.23. The number of ether oxygens (including phenoxy) is 1. The second-order valence-electron chi connectivity index (χ2n) is 3.23. The molecule has 4 heteroatoms. The van der Waals surface area contributed by atoms with Crippen LogP contribution in [0.15, 0.2) is 24.3 Å². The summed E-state index contributed by atoms with van der Waals surface area (Å²) in [5.41, 5.74) is 0.954. The molecule has 0 saturated carbocycles. The van der Waals surface area contributed by atoms with Crippen molar-refractivity contribution in [1.29, 1.82) is 0 Å². The molecule has 1 aromatic rings. The molecule has 1 aromatic carbocycles. The second kappa shape index (κ2) is 6.99. The van der Waals surface area contributed by atoms with E-state index >= 15 is 0 Å². The van der Waals surface area contributed by atoms with Crippen LogP contribution in [0.2, 0.25) is 5.02 Å². The molecule has 0 amide bonds. The van der Waals surface area contributed by atoms with Crippen LogP contribution in [0.1, 0.15) is 12.0 Å². The first kappa shape index (κ1) is 12.7. The van der Waals surface area contributed by atoms with Crippen molar-refractivity contribution in [3.05, 3.63) is 34.9 Å². The molecule has 15 heavy (non-hydrogen) atoms. The number of hydrogen-bond acceptors (Lipinski definition) is 2. The van der Waals surface area contributed by atoms with Gasteiger partial charge in [-0.05, 0) is 18.1 Å². The van der Waals surface area contributed by atoms with Crippen molar-refractivity contribution in [3.63, 3.8) is 0 Å². The molecule has 0 spiro atoms. The molecule has 0 aliphatic heterocycles. The van der Waals surface area contributed by atoms with Gasteiger partial charge < -0.3 is 4.74 Å². The lowest BCUT2D eigenvalue weighted by atomic mass is 10.2. The first-order valence-corrected chi connectivity index (χ1v) is 6.68. The predicted molar refractivity (Wildman–Crippen MR) is 64.7 cm³/mol. The van der Waals surface area contributed by atoms with Gasteiger partial charge in [0.05, 0.1) is 0 Å². The summed E-state index contributed by atoms with van der Waals surface area (Å²) in [6.07, 6.45) is 0.827. The molecule has 84 valence electrons. The molecule has 0 aromatic heterocycles. The Morgan fingerprint density at radius 2 is 2.13 bits per heavy atom. The standard InChI is InChI=1S/C11H15ClO2S/c1-14-7-4-8-15(13)9-10-5-2-3-6-11(10)12/h2-3,5-6H,4,7-9H2,1H3/t15-/m1/s1. The summed E-state index contributed by atoms with van der Waals surface area (Å²) in [7, 11) is 0.803. The van der Waals surface area contributed by atoms with E-state index in [0.717, 1.165) is 12.0 Å². The number of rotatable bonds is 6. The normalized spacial score (nSPS) is 12.7. The van der Waals surface area contributed by atoms with Crippen molar-refractivity contribution in [2.75, 3.05) is 19.5 Å². The van der Waals surface area contributed by atoms with Crippen molar-refractivity contribution in [3.8, 4) is 0 Å². The smallest absolute Gasteiger partial charge is 0.0500 e. The van der Waals surface area contributed by atoms with E-state index in [1.165, 1.54) is 0 Å². The molecule has 0 radical (unpaired) electrons. The molecular formula is C11H15ClO2S. The summed E-state index contributed by atoms with van der Waals surface area (Å²) in [6, 6.07) is 7.52. The zero-order chi connectivity index (χ0) is 11.1. The van der Waals surface area contributed by atoms with Gasteiger partial charge in [0.2, 0.25) is 0 Å². The Balaban J connectivity index is 2.41. The van der Waals surface area contributed by atoms with Crippen molar-refractivity contribution >= 4 is 22.4 Å². The highest BCUT2D eigenvalue weighted by Gasteiger charge is 2.04. The maximum atomic E-state index is 11.6. The highest BCUT2D eigenvalue weighted by atomic mass is 35.5. The van der Waals surface area contributed by atoms with Crippen LogP contribution in [0, 0.1) is 0 Å². The van der Waals surface area contributed by atoms with Crippen LogP contribution in [0.5, 0.6) is 0 Å². The van der Waals surface area contributed by atoms with Gasteiger partial charge in [0.15, 0.2) is 0 Å². The quantitative estimate of drug-likeness (QED) is 0.722. The zero-order valence-electron chi connectivity index (χ0n) is 8.74. The van der Waals surface area contributed by atoms with Gasteiger partial charge >= 0.3 is 0 Å². The molecule has 1 rings (SSSR count). The summed E-state index contributed by atoms with van der Waals surface area (Å²) in [5.74, 6) is 1.20. The van der Waals surface area contributed by atoms with E-state index in [2.05, 4.69) is 0 Å². The minimum Gasteiger partial charge on any atom is -0.385 e. The Morgan fingerprint density at radius 3 is 2.80 bits per heavy atom. The number of hydrogen-bond donors (Lipinski definition) is 0. The number of methoxy groups -OCH3 is 1. The Kier molecular flexibility index (Phi) is 5.91. The average molecular weight is 247 g/mol. The van der Waals surface area contributed by atoms with Crippen molar-refractivity contribution in [1.82, 2.24) is 0 Å². The van der Waals surface area contributed by atoms with Crippen LogP contribution in [0.4, 0.5) is 0 Å². The summed E-state index contributed by atoms with van der Waals surface area (Å²) in [6.45, 7) is 0.661. The Morgan fingerprint density at radius 1 is 1.40 bits per heavy atom. The van der Waals surface area contributed by atoms with E-state index in [-0.39, 0.29) is 0 Å². The molecule has 0 heterocycles. The van der Waals surface area contributed by atoms with Crippen molar-refractivity contribution < 1.29 is 8.95 Å². The highest BCUT2D eigenvalue weighted by Crippen LogP contribution is 2.16. The molecule has 0 bridgehead atoms. The number of benzene rings is 1. The lowest BCUT2D eigenvalue weighted by Crippen LogP contribution is -2.04. The SMILES string of the molecule is COCCC[S@@](=O)Cc1ccccc1Cl. The third-order valence-electron chi connectivity index (χ3n) is 1.99. The van der Waals surface area contributed by atoms with Crippen LogP contribution in [-0.4, -0.2) is 23.7 Å². The summed E-state index contributed by atoms with van der Waals surface area (Å²) in [5, 5.41) is 0.692. The fourth-order valence-corrected chi connectivity index (χ4v) is 2.69. The lowest BCUT2D eigenvalue weighted by molar-refractivity contribution is 0.200. The van der Waals surface area contributed by atoms with E-state index in [4.69, 9.17) is 16.3 Å². The maximum Gasteiger partial charge on any atom is 0.0500 e. The third-order valence-corrected chi connectivity index (χ3v) is 3.74. The minimum absolute atomic E-state index is 0.531. The monoisotopic (exact) mass is 246 g/mol. The molecule has 0 saturated heterocycles. The van der Waals surface area contributed by atoms with Gasteiger partial charge in [0, 0.05) is 41.0 Å². The Hall–Kier alpha value is -0.380. The van der Waals surface area contributed by atoms with E-state index < -0.39 is 10.8 Å². The highest BCUT2D eigenvalue weighted by molar-refractivity contribution is 7.84. The van der Waals surface area contributed by atoms with Crippen LogP contribution in [0.25, 0.3) is 0 Å². The largest absolute Gasteiger partial charge is 0.385 e.